The van der Waals surface area contributed by atoms with E-state index in [0.29, 0.717) is 23.4 Å². The van der Waals surface area contributed by atoms with Gasteiger partial charge < -0.3 is 10.6 Å². The summed E-state index contributed by atoms with van der Waals surface area (Å²) in [4.78, 5) is 23.4. The Bertz CT molecular complexity index is 621. The summed E-state index contributed by atoms with van der Waals surface area (Å²) in [6.45, 7) is 3.71. The Kier molecular flexibility index (Phi) is 4.53. The van der Waals surface area contributed by atoms with Gasteiger partial charge in [-0.05, 0) is 36.1 Å². The molecule has 2 N–H and O–H groups in total. The van der Waals surface area contributed by atoms with Gasteiger partial charge in [0.05, 0.1) is 5.56 Å². The molecule has 0 fully saturated rings. The van der Waals surface area contributed by atoms with E-state index in [4.69, 9.17) is 0 Å². The molecule has 1 aromatic carbocycles. The first-order chi connectivity index (χ1) is 9.60. The van der Waals surface area contributed by atoms with Gasteiger partial charge in [-0.15, -0.1) is 0 Å². The normalized spacial score (nSPS) is 10.1. The lowest BCUT2D eigenvalue weighted by Crippen LogP contribution is -2.13. The Labute approximate surface area is 121 Å². The lowest BCUT2D eigenvalue weighted by atomic mass is 10.1. The molecule has 0 atom stereocenters. The molecule has 0 aliphatic carbocycles. The Morgan fingerprint density at radius 3 is 2.65 bits per heavy atom. The van der Waals surface area contributed by atoms with Crippen molar-refractivity contribution in [1.29, 1.82) is 0 Å². The molecule has 1 heterocycles. The summed E-state index contributed by atoms with van der Waals surface area (Å²) in [5, 5.41) is 9.30. The zero-order chi connectivity index (χ0) is 14.5. The number of carbonyl (C=O) groups excluding carboxylic acids is 2. The molecular weight excluding hydrogens is 272 g/mol. The van der Waals surface area contributed by atoms with Crippen LogP contribution in [0.4, 0.5) is 11.4 Å². The van der Waals surface area contributed by atoms with Crippen LogP contribution in [0.5, 0.6) is 0 Å². The maximum atomic E-state index is 12.0. The first kappa shape index (κ1) is 14.3. The standard InChI is InChI=1S/C15H16N2O2S/c1-3-14(18)16-12-5-4-10(2)13(8-12)17-15(19)11-6-7-20-9-11/h4-9H,3H2,1-2H3,(H,16,18)(H,17,19). The van der Waals surface area contributed by atoms with Crippen LogP contribution in [0.25, 0.3) is 0 Å². The molecule has 0 aliphatic heterocycles. The molecule has 0 saturated carbocycles. The van der Waals surface area contributed by atoms with E-state index in [1.165, 1.54) is 11.3 Å². The Balaban J connectivity index is 2.16. The van der Waals surface area contributed by atoms with Gasteiger partial charge >= 0.3 is 0 Å². The summed E-state index contributed by atoms with van der Waals surface area (Å²) in [6.07, 6.45) is 0.421. The second kappa shape index (κ2) is 6.34. The minimum atomic E-state index is -0.145. The van der Waals surface area contributed by atoms with Crippen LogP contribution in [-0.4, -0.2) is 11.8 Å². The molecular formula is C15H16N2O2S. The monoisotopic (exact) mass is 288 g/mol. The summed E-state index contributed by atoms with van der Waals surface area (Å²) in [5.74, 6) is -0.197. The first-order valence-corrected chi connectivity index (χ1v) is 7.28. The van der Waals surface area contributed by atoms with Crippen LogP contribution in [0.2, 0.25) is 0 Å². The van der Waals surface area contributed by atoms with Gasteiger partial charge in [0.15, 0.2) is 0 Å². The molecule has 1 aromatic heterocycles. The van der Waals surface area contributed by atoms with Gasteiger partial charge in [-0.25, -0.2) is 0 Å². The molecule has 5 heteroatoms. The van der Waals surface area contributed by atoms with Crippen LogP contribution >= 0.6 is 11.3 Å². The molecule has 2 aromatic rings. The van der Waals surface area contributed by atoms with Crippen LogP contribution in [0.3, 0.4) is 0 Å². The highest BCUT2D eigenvalue weighted by Crippen LogP contribution is 2.21. The lowest BCUT2D eigenvalue weighted by Gasteiger charge is -2.11. The summed E-state index contributed by atoms with van der Waals surface area (Å²) in [6, 6.07) is 7.24. The quantitative estimate of drug-likeness (QED) is 0.902. The third-order valence-corrected chi connectivity index (χ3v) is 3.56. The summed E-state index contributed by atoms with van der Waals surface area (Å²) in [5.41, 5.74) is 2.97. The van der Waals surface area contributed by atoms with E-state index >= 15 is 0 Å². The van der Waals surface area contributed by atoms with Crippen molar-refractivity contribution in [2.75, 3.05) is 10.6 Å². The van der Waals surface area contributed by atoms with Gasteiger partial charge in [-0.1, -0.05) is 13.0 Å². The van der Waals surface area contributed by atoms with Crippen molar-refractivity contribution in [3.05, 3.63) is 46.2 Å². The average molecular weight is 288 g/mol. The topological polar surface area (TPSA) is 58.2 Å². The molecule has 0 spiro atoms. The molecule has 20 heavy (non-hydrogen) atoms. The van der Waals surface area contributed by atoms with Crippen molar-refractivity contribution >= 4 is 34.5 Å². The molecule has 0 aliphatic rings. The number of anilines is 2. The number of nitrogens with one attached hydrogen (secondary N) is 2. The Morgan fingerprint density at radius 2 is 2.00 bits per heavy atom. The van der Waals surface area contributed by atoms with E-state index in [-0.39, 0.29) is 11.8 Å². The van der Waals surface area contributed by atoms with Gasteiger partial charge in [0, 0.05) is 23.2 Å². The van der Waals surface area contributed by atoms with Crippen LogP contribution in [-0.2, 0) is 4.79 Å². The summed E-state index contributed by atoms with van der Waals surface area (Å²) >= 11 is 1.48. The second-order valence-corrected chi connectivity index (χ2v) is 5.18. The lowest BCUT2D eigenvalue weighted by molar-refractivity contribution is -0.115. The molecule has 104 valence electrons. The fourth-order valence-electron chi connectivity index (χ4n) is 1.67. The molecule has 0 saturated heterocycles. The van der Waals surface area contributed by atoms with Crippen LogP contribution in [0.15, 0.2) is 35.0 Å². The number of hydrogen-bond acceptors (Lipinski definition) is 3. The minimum Gasteiger partial charge on any atom is -0.326 e. The summed E-state index contributed by atoms with van der Waals surface area (Å²) in [7, 11) is 0. The van der Waals surface area contributed by atoms with Gasteiger partial charge in [0.1, 0.15) is 0 Å². The Hall–Kier alpha value is -2.14. The maximum Gasteiger partial charge on any atom is 0.256 e. The smallest absolute Gasteiger partial charge is 0.256 e. The van der Waals surface area contributed by atoms with Crippen molar-refractivity contribution in [2.45, 2.75) is 20.3 Å². The van der Waals surface area contributed by atoms with Crippen LogP contribution in [0, 0.1) is 6.92 Å². The zero-order valence-corrected chi connectivity index (χ0v) is 12.2. The van der Waals surface area contributed by atoms with E-state index in [1.807, 2.05) is 24.4 Å². The van der Waals surface area contributed by atoms with E-state index in [2.05, 4.69) is 10.6 Å². The van der Waals surface area contributed by atoms with Crippen LogP contribution < -0.4 is 10.6 Å². The predicted molar refractivity (Wildman–Crippen MR) is 82.4 cm³/mol. The molecule has 2 rings (SSSR count). The molecule has 4 nitrogen and oxygen atoms in total. The number of hydrogen-bond donors (Lipinski definition) is 2. The second-order valence-electron chi connectivity index (χ2n) is 4.40. The van der Waals surface area contributed by atoms with E-state index in [0.717, 1.165) is 5.56 Å². The van der Waals surface area contributed by atoms with E-state index in [9.17, 15) is 9.59 Å². The number of thiophene rings is 1. The van der Waals surface area contributed by atoms with Crippen molar-refractivity contribution in [1.82, 2.24) is 0 Å². The fourth-order valence-corrected chi connectivity index (χ4v) is 2.31. The highest BCUT2D eigenvalue weighted by Gasteiger charge is 2.09. The molecule has 0 unspecified atom stereocenters. The van der Waals surface area contributed by atoms with E-state index in [1.54, 1.807) is 24.4 Å². The van der Waals surface area contributed by atoms with Gasteiger partial charge in [-0.2, -0.15) is 11.3 Å². The first-order valence-electron chi connectivity index (χ1n) is 6.34. The van der Waals surface area contributed by atoms with Crippen molar-refractivity contribution < 1.29 is 9.59 Å². The number of aryl methyl sites for hydroxylation is 1. The average Bonchev–Trinajstić information content (AvgIpc) is 2.96. The fraction of sp³-hybridized carbons (Fsp3) is 0.200. The molecule has 0 radical (unpaired) electrons. The zero-order valence-electron chi connectivity index (χ0n) is 11.4. The summed E-state index contributed by atoms with van der Waals surface area (Å²) < 4.78 is 0. The van der Waals surface area contributed by atoms with E-state index < -0.39 is 0 Å². The predicted octanol–water partition coefficient (Wildman–Crippen LogP) is 3.66. The molecule has 2 amide bonds. The third kappa shape index (κ3) is 3.45. The van der Waals surface area contributed by atoms with Crippen LogP contribution in [0.1, 0.15) is 29.3 Å². The van der Waals surface area contributed by atoms with Crippen molar-refractivity contribution in [2.24, 2.45) is 0 Å². The maximum absolute atomic E-state index is 12.0. The largest absolute Gasteiger partial charge is 0.326 e. The number of benzene rings is 1. The van der Waals surface area contributed by atoms with Gasteiger partial charge in [0.2, 0.25) is 5.91 Å². The number of amides is 2. The van der Waals surface area contributed by atoms with Gasteiger partial charge in [0.25, 0.3) is 5.91 Å². The number of carbonyl (C=O) groups is 2. The SMILES string of the molecule is CCC(=O)Nc1ccc(C)c(NC(=O)c2ccsc2)c1. The third-order valence-electron chi connectivity index (χ3n) is 2.87. The molecule has 0 bridgehead atoms. The van der Waals surface area contributed by atoms with Gasteiger partial charge in [-0.3, -0.25) is 9.59 Å². The highest BCUT2D eigenvalue weighted by atomic mass is 32.1. The highest BCUT2D eigenvalue weighted by molar-refractivity contribution is 7.08. The number of rotatable bonds is 4. The minimum absolute atomic E-state index is 0.0519. The van der Waals surface area contributed by atoms with Crippen molar-refractivity contribution in [3.63, 3.8) is 0 Å². The van der Waals surface area contributed by atoms with Crippen molar-refractivity contribution in [3.8, 4) is 0 Å². The Morgan fingerprint density at radius 1 is 1.20 bits per heavy atom.